The highest BCUT2D eigenvalue weighted by Gasteiger charge is 2.36. The summed E-state index contributed by atoms with van der Waals surface area (Å²) in [5.74, 6) is -1.59. The fourth-order valence-corrected chi connectivity index (χ4v) is 3.46. The van der Waals surface area contributed by atoms with Gasteiger partial charge in [-0.2, -0.15) is 13.2 Å². The Hall–Kier alpha value is -1.53. The molecule has 0 heterocycles. The van der Waals surface area contributed by atoms with E-state index in [0.29, 0.717) is 5.56 Å². The van der Waals surface area contributed by atoms with Crippen LogP contribution in [-0.4, -0.2) is 14.2 Å². The summed E-state index contributed by atoms with van der Waals surface area (Å²) in [5.41, 5.74) is -0.502. The van der Waals surface area contributed by atoms with Crippen molar-refractivity contribution in [3.8, 4) is 0 Å². The van der Waals surface area contributed by atoms with Crippen LogP contribution in [0.25, 0.3) is 0 Å². The average Bonchev–Trinajstić information content (AvgIpc) is 2.44. The van der Waals surface area contributed by atoms with Gasteiger partial charge in [0.1, 0.15) is 0 Å². The van der Waals surface area contributed by atoms with E-state index < -0.39 is 32.5 Å². The zero-order valence-corrected chi connectivity index (χ0v) is 12.8. The van der Waals surface area contributed by atoms with Crippen LogP contribution in [-0.2, 0) is 15.2 Å². The molecule has 0 saturated heterocycles. The number of rotatable bonds is 4. The molecule has 118 valence electrons. The first-order valence-corrected chi connectivity index (χ1v) is 8.80. The van der Waals surface area contributed by atoms with E-state index in [1.54, 1.807) is 30.3 Å². The van der Waals surface area contributed by atoms with Gasteiger partial charge in [-0.3, -0.25) is 0 Å². The minimum Gasteiger partial charge on any atom is -0.212 e. The van der Waals surface area contributed by atoms with Crippen LogP contribution >= 0.6 is 10.7 Å². The van der Waals surface area contributed by atoms with Gasteiger partial charge in [-0.15, -0.1) is 0 Å². The van der Waals surface area contributed by atoms with Crippen LogP contribution in [0, 0.1) is 0 Å². The quantitative estimate of drug-likeness (QED) is 0.767. The Bertz CT molecular complexity index is 743. The van der Waals surface area contributed by atoms with E-state index in [9.17, 15) is 21.6 Å². The maximum atomic E-state index is 13.2. The zero-order chi connectivity index (χ0) is 16.4. The maximum Gasteiger partial charge on any atom is 0.416 e. The molecule has 0 spiro atoms. The Balaban J connectivity index is 2.61. The molecule has 1 unspecified atom stereocenters. The Labute approximate surface area is 131 Å². The molecule has 2 rings (SSSR count). The van der Waals surface area contributed by atoms with Crippen molar-refractivity contribution >= 4 is 19.7 Å². The minimum atomic E-state index is -4.57. The second-order valence-corrected chi connectivity index (χ2v) is 7.58. The van der Waals surface area contributed by atoms with E-state index in [4.69, 9.17) is 10.7 Å². The summed E-state index contributed by atoms with van der Waals surface area (Å²) >= 11 is 0. The van der Waals surface area contributed by atoms with Gasteiger partial charge in [0.05, 0.1) is 11.3 Å². The molecule has 0 aromatic heterocycles. The standard InChI is InChI=1S/C15H12ClF3O2S/c16-22(20,21)10-13(11-6-2-1-3-7-11)12-8-4-5-9-14(12)15(17,18)19/h1-9,13H,10H2. The first-order valence-electron chi connectivity index (χ1n) is 6.32. The van der Waals surface area contributed by atoms with E-state index in [1.807, 2.05) is 0 Å². The third-order valence-electron chi connectivity index (χ3n) is 3.21. The molecule has 0 saturated carbocycles. The van der Waals surface area contributed by atoms with Gasteiger partial charge in [0.25, 0.3) is 0 Å². The summed E-state index contributed by atoms with van der Waals surface area (Å²) in [6.45, 7) is 0. The topological polar surface area (TPSA) is 34.1 Å². The zero-order valence-electron chi connectivity index (χ0n) is 11.2. The number of hydrogen-bond acceptors (Lipinski definition) is 2. The van der Waals surface area contributed by atoms with Crippen LogP contribution in [0.2, 0.25) is 0 Å². The van der Waals surface area contributed by atoms with Crippen LogP contribution in [0.4, 0.5) is 13.2 Å². The SMILES string of the molecule is O=S(=O)(Cl)CC(c1ccccc1)c1ccccc1C(F)(F)F. The third kappa shape index (κ3) is 4.24. The number of benzene rings is 2. The fourth-order valence-electron chi connectivity index (χ4n) is 2.31. The van der Waals surface area contributed by atoms with Crippen molar-refractivity contribution in [3.63, 3.8) is 0 Å². The third-order valence-corrected chi connectivity index (χ3v) is 4.32. The van der Waals surface area contributed by atoms with Crippen LogP contribution in [0.15, 0.2) is 54.6 Å². The van der Waals surface area contributed by atoms with Gasteiger partial charge in [-0.25, -0.2) is 8.42 Å². The largest absolute Gasteiger partial charge is 0.416 e. The highest BCUT2D eigenvalue weighted by molar-refractivity contribution is 8.13. The Morgan fingerprint density at radius 1 is 0.955 bits per heavy atom. The average molecular weight is 349 g/mol. The Morgan fingerprint density at radius 3 is 2.05 bits per heavy atom. The maximum absolute atomic E-state index is 13.2. The predicted molar refractivity (Wildman–Crippen MR) is 79.4 cm³/mol. The van der Waals surface area contributed by atoms with E-state index in [0.717, 1.165) is 6.07 Å². The monoisotopic (exact) mass is 348 g/mol. The first-order chi connectivity index (χ1) is 10.2. The molecule has 0 N–H and O–H groups in total. The second-order valence-electron chi connectivity index (χ2n) is 4.75. The van der Waals surface area contributed by atoms with E-state index in [2.05, 4.69) is 0 Å². The van der Waals surface area contributed by atoms with Gasteiger partial charge >= 0.3 is 6.18 Å². The van der Waals surface area contributed by atoms with Gasteiger partial charge in [0.15, 0.2) is 0 Å². The summed E-state index contributed by atoms with van der Waals surface area (Å²) in [7, 11) is 1.31. The molecule has 0 aliphatic heterocycles. The molecular weight excluding hydrogens is 337 g/mol. The van der Waals surface area contributed by atoms with Crippen molar-refractivity contribution < 1.29 is 21.6 Å². The molecule has 0 fully saturated rings. The van der Waals surface area contributed by atoms with E-state index in [1.165, 1.54) is 18.2 Å². The van der Waals surface area contributed by atoms with Gasteiger partial charge in [-0.05, 0) is 17.2 Å². The van der Waals surface area contributed by atoms with Crippen molar-refractivity contribution in [1.82, 2.24) is 0 Å². The van der Waals surface area contributed by atoms with Crippen molar-refractivity contribution in [1.29, 1.82) is 0 Å². The number of alkyl halides is 3. The van der Waals surface area contributed by atoms with Crippen LogP contribution in [0.3, 0.4) is 0 Å². The van der Waals surface area contributed by atoms with Crippen LogP contribution in [0.5, 0.6) is 0 Å². The molecule has 2 aromatic rings. The number of halogens is 4. The van der Waals surface area contributed by atoms with Crippen molar-refractivity contribution in [2.75, 3.05) is 5.75 Å². The summed E-state index contributed by atoms with van der Waals surface area (Å²) in [4.78, 5) is 0. The van der Waals surface area contributed by atoms with Crippen LogP contribution in [0.1, 0.15) is 22.6 Å². The fraction of sp³-hybridized carbons (Fsp3) is 0.200. The molecule has 0 aliphatic carbocycles. The first kappa shape index (κ1) is 16.8. The molecule has 0 amide bonds. The smallest absolute Gasteiger partial charge is 0.212 e. The second kappa shape index (κ2) is 6.30. The lowest BCUT2D eigenvalue weighted by atomic mass is 9.89. The highest BCUT2D eigenvalue weighted by Crippen LogP contribution is 2.38. The predicted octanol–water partition coefficient (Wildman–Crippen LogP) is 4.41. The summed E-state index contributed by atoms with van der Waals surface area (Å²) in [6.07, 6.45) is -4.57. The normalized spacial score (nSPS) is 13.8. The van der Waals surface area contributed by atoms with E-state index >= 15 is 0 Å². The molecule has 7 heteroatoms. The molecule has 0 aliphatic rings. The van der Waals surface area contributed by atoms with Crippen LogP contribution < -0.4 is 0 Å². The summed E-state index contributed by atoms with van der Waals surface area (Å²) < 4.78 is 62.4. The summed E-state index contributed by atoms with van der Waals surface area (Å²) in [6, 6.07) is 13.1. The van der Waals surface area contributed by atoms with Gasteiger partial charge in [-0.1, -0.05) is 48.5 Å². The molecule has 2 aromatic carbocycles. The molecule has 0 radical (unpaired) electrons. The molecule has 22 heavy (non-hydrogen) atoms. The molecule has 1 atom stereocenters. The van der Waals surface area contributed by atoms with Crippen molar-refractivity contribution in [2.24, 2.45) is 0 Å². The van der Waals surface area contributed by atoms with Gasteiger partial charge < -0.3 is 0 Å². The van der Waals surface area contributed by atoms with Crippen molar-refractivity contribution in [3.05, 3.63) is 71.3 Å². The van der Waals surface area contributed by atoms with E-state index in [-0.39, 0.29) is 5.56 Å². The van der Waals surface area contributed by atoms with Gasteiger partial charge in [0, 0.05) is 16.6 Å². The van der Waals surface area contributed by atoms with Crippen molar-refractivity contribution in [2.45, 2.75) is 12.1 Å². The Morgan fingerprint density at radius 2 is 1.50 bits per heavy atom. The molecule has 2 nitrogen and oxygen atoms in total. The Kier molecular flexibility index (Phi) is 4.82. The number of hydrogen-bond donors (Lipinski definition) is 0. The minimum absolute atomic E-state index is 0.106. The highest BCUT2D eigenvalue weighted by atomic mass is 35.7. The molecule has 0 bridgehead atoms. The molecular formula is C15H12ClF3O2S. The lowest BCUT2D eigenvalue weighted by Crippen LogP contribution is -2.17. The lowest BCUT2D eigenvalue weighted by molar-refractivity contribution is -0.138. The lowest BCUT2D eigenvalue weighted by Gasteiger charge is -2.21. The van der Waals surface area contributed by atoms with Gasteiger partial charge in [0.2, 0.25) is 9.05 Å². The summed E-state index contributed by atoms with van der Waals surface area (Å²) in [5, 5.41) is 0.